The van der Waals surface area contributed by atoms with E-state index in [1.807, 2.05) is 6.07 Å². The molecule has 0 fully saturated rings. The van der Waals surface area contributed by atoms with Gasteiger partial charge in [-0.2, -0.15) is 0 Å². The van der Waals surface area contributed by atoms with Gasteiger partial charge in [0.2, 0.25) is 5.88 Å². The summed E-state index contributed by atoms with van der Waals surface area (Å²) in [5.41, 5.74) is 0.683. The van der Waals surface area contributed by atoms with Crippen LogP contribution in [0.5, 0.6) is 11.6 Å². The summed E-state index contributed by atoms with van der Waals surface area (Å²) in [5.74, 6) is -0.824. The Morgan fingerprint density at radius 1 is 1.07 bits per heavy atom. The molecule has 0 radical (unpaired) electrons. The Kier molecular flexibility index (Phi) is 6.01. The standard InChI is InChI=1S/C20H19N3O5/c1-2-27-18(25)12-23-16-11-7-6-10-15(16)19(20(23)26)22-21-17(24)13-28-14-8-4-3-5-9-14/h3-11,26H,2,12-13H2,1H3. The van der Waals surface area contributed by atoms with E-state index in [9.17, 15) is 14.7 Å². The number of hydrogen-bond acceptors (Lipinski definition) is 6. The van der Waals surface area contributed by atoms with Crippen LogP contribution in [0.4, 0.5) is 5.69 Å². The average molecular weight is 381 g/mol. The predicted octanol–water partition coefficient (Wildman–Crippen LogP) is 3.60. The van der Waals surface area contributed by atoms with Crippen LogP contribution in [0.1, 0.15) is 6.92 Å². The molecule has 0 spiro atoms. The van der Waals surface area contributed by atoms with E-state index < -0.39 is 11.9 Å². The van der Waals surface area contributed by atoms with Gasteiger partial charge in [0.15, 0.2) is 12.3 Å². The fraction of sp³-hybridized carbons (Fsp3) is 0.200. The van der Waals surface area contributed by atoms with Crippen molar-refractivity contribution in [2.24, 2.45) is 10.2 Å². The number of fused-ring (bicyclic) bond motifs is 1. The minimum atomic E-state index is -0.606. The molecule has 0 saturated heterocycles. The quantitative estimate of drug-likeness (QED) is 0.498. The van der Waals surface area contributed by atoms with Gasteiger partial charge in [-0.3, -0.25) is 14.2 Å². The number of para-hydroxylation sites is 2. The van der Waals surface area contributed by atoms with Gasteiger partial charge in [0.05, 0.1) is 12.1 Å². The molecule has 1 heterocycles. The van der Waals surface area contributed by atoms with Crippen molar-refractivity contribution in [1.82, 2.24) is 4.57 Å². The monoisotopic (exact) mass is 381 g/mol. The summed E-state index contributed by atoms with van der Waals surface area (Å²) in [5, 5.41) is 18.6. The predicted molar refractivity (Wildman–Crippen MR) is 102 cm³/mol. The molecule has 0 saturated carbocycles. The topological polar surface area (TPSA) is 102 Å². The smallest absolute Gasteiger partial charge is 0.326 e. The van der Waals surface area contributed by atoms with Crippen LogP contribution in [0.15, 0.2) is 64.8 Å². The normalized spacial score (nSPS) is 11.0. The second-order valence-corrected chi connectivity index (χ2v) is 5.78. The van der Waals surface area contributed by atoms with E-state index in [-0.39, 0.29) is 31.3 Å². The fourth-order valence-corrected chi connectivity index (χ4v) is 2.66. The second-order valence-electron chi connectivity index (χ2n) is 5.78. The fourth-order valence-electron chi connectivity index (χ4n) is 2.66. The molecule has 1 amide bonds. The molecular weight excluding hydrogens is 362 g/mol. The molecule has 1 N–H and O–H groups in total. The van der Waals surface area contributed by atoms with Crippen LogP contribution < -0.4 is 4.74 Å². The third-order valence-corrected chi connectivity index (χ3v) is 3.88. The van der Waals surface area contributed by atoms with E-state index in [2.05, 4.69) is 10.2 Å². The highest BCUT2D eigenvalue weighted by Crippen LogP contribution is 2.38. The largest absolute Gasteiger partial charge is 0.493 e. The van der Waals surface area contributed by atoms with Crippen LogP contribution in [-0.4, -0.2) is 34.8 Å². The Morgan fingerprint density at radius 2 is 1.79 bits per heavy atom. The van der Waals surface area contributed by atoms with Gasteiger partial charge in [0.1, 0.15) is 12.3 Å². The number of carbonyl (C=O) groups is 2. The first-order chi connectivity index (χ1) is 13.6. The Hall–Kier alpha value is -3.68. The summed E-state index contributed by atoms with van der Waals surface area (Å²) in [4.78, 5) is 23.8. The van der Waals surface area contributed by atoms with E-state index in [1.165, 1.54) is 4.57 Å². The van der Waals surface area contributed by atoms with Gasteiger partial charge in [-0.15, -0.1) is 10.2 Å². The highest BCUT2D eigenvalue weighted by atomic mass is 16.5. The number of esters is 1. The lowest BCUT2D eigenvalue weighted by atomic mass is 10.2. The molecule has 2 aromatic carbocycles. The van der Waals surface area contributed by atoms with Gasteiger partial charge in [-0.25, -0.2) is 0 Å². The number of rotatable bonds is 7. The molecule has 0 aliphatic heterocycles. The number of nitrogens with zero attached hydrogens (tertiary/aromatic N) is 3. The number of aromatic nitrogens is 1. The lowest BCUT2D eigenvalue weighted by molar-refractivity contribution is -0.143. The Morgan fingerprint density at radius 3 is 2.54 bits per heavy atom. The van der Waals surface area contributed by atoms with Crippen molar-refractivity contribution in [3.8, 4) is 11.6 Å². The molecule has 1 aromatic heterocycles. The van der Waals surface area contributed by atoms with Gasteiger partial charge in [0.25, 0.3) is 0 Å². The first-order valence-electron chi connectivity index (χ1n) is 8.68. The Labute approximate surface area is 161 Å². The van der Waals surface area contributed by atoms with Crippen LogP contribution >= 0.6 is 0 Å². The van der Waals surface area contributed by atoms with E-state index in [4.69, 9.17) is 9.47 Å². The van der Waals surface area contributed by atoms with Crippen LogP contribution in [0.25, 0.3) is 10.9 Å². The molecule has 0 aliphatic rings. The zero-order chi connectivity index (χ0) is 19.9. The molecule has 28 heavy (non-hydrogen) atoms. The maximum absolute atomic E-state index is 12.0. The summed E-state index contributed by atoms with van der Waals surface area (Å²) < 4.78 is 11.6. The van der Waals surface area contributed by atoms with Gasteiger partial charge < -0.3 is 14.6 Å². The number of ether oxygens (including phenoxy) is 2. The number of azo groups is 1. The number of benzene rings is 2. The molecule has 0 atom stereocenters. The molecule has 0 aliphatic carbocycles. The third kappa shape index (κ3) is 4.35. The summed E-state index contributed by atoms with van der Waals surface area (Å²) in [6.45, 7) is 1.48. The lowest BCUT2D eigenvalue weighted by Gasteiger charge is -2.06. The highest BCUT2D eigenvalue weighted by molar-refractivity contribution is 5.96. The molecular formula is C20H19N3O5. The summed E-state index contributed by atoms with van der Waals surface area (Å²) >= 11 is 0. The number of amides is 1. The first kappa shape index (κ1) is 19.1. The molecule has 0 unspecified atom stereocenters. The molecule has 8 heteroatoms. The lowest BCUT2D eigenvalue weighted by Crippen LogP contribution is -2.12. The molecule has 0 bridgehead atoms. The molecule has 144 valence electrons. The minimum Gasteiger partial charge on any atom is -0.493 e. The van der Waals surface area contributed by atoms with Gasteiger partial charge in [-0.05, 0) is 25.1 Å². The van der Waals surface area contributed by atoms with Gasteiger partial charge in [-0.1, -0.05) is 36.4 Å². The van der Waals surface area contributed by atoms with Gasteiger partial charge >= 0.3 is 11.9 Å². The van der Waals surface area contributed by atoms with Crippen molar-refractivity contribution in [2.75, 3.05) is 13.2 Å². The minimum absolute atomic E-state index is 0.105. The van der Waals surface area contributed by atoms with Crippen molar-refractivity contribution >= 4 is 28.5 Å². The SMILES string of the molecule is CCOC(=O)Cn1c(O)c(N=NC(=O)COc2ccccc2)c2ccccc21. The van der Waals surface area contributed by atoms with Gasteiger partial charge in [0, 0.05) is 5.39 Å². The number of hydrogen-bond donors (Lipinski definition) is 1. The van der Waals surface area contributed by atoms with E-state index in [1.54, 1.807) is 55.5 Å². The van der Waals surface area contributed by atoms with Crippen molar-refractivity contribution in [1.29, 1.82) is 0 Å². The first-order valence-corrected chi connectivity index (χ1v) is 8.68. The average Bonchev–Trinajstić information content (AvgIpc) is 2.97. The van der Waals surface area contributed by atoms with E-state index in [0.29, 0.717) is 16.7 Å². The van der Waals surface area contributed by atoms with Crippen LogP contribution in [0.2, 0.25) is 0 Å². The Bertz CT molecular complexity index is 1010. The zero-order valence-corrected chi connectivity index (χ0v) is 15.2. The van der Waals surface area contributed by atoms with Crippen LogP contribution in [-0.2, 0) is 20.9 Å². The summed E-state index contributed by atoms with van der Waals surface area (Å²) in [6.07, 6.45) is 0. The van der Waals surface area contributed by atoms with Crippen LogP contribution in [0.3, 0.4) is 0 Å². The summed E-state index contributed by atoms with van der Waals surface area (Å²) in [6, 6.07) is 15.8. The highest BCUT2D eigenvalue weighted by Gasteiger charge is 2.19. The van der Waals surface area contributed by atoms with Crippen molar-refractivity contribution < 1.29 is 24.2 Å². The maximum Gasteiger partial charge on any atom is 0.326 e. The van der Waals surface area contributed by atoms with E-state index in [0.717, 1.165) is 0 Å². The zero-order valence-electron chi connectivity index (χ0n) is 15.2. The second kappa shape index (κ2) is 8.81. The number of aromatic hydroxyl groups is 1. The summed E-state index contributed by atoms with van der Waals surface area (Å²) in [7, 11) is 0. The maximum atomic E-state index is 12.0. The van der Waals surface area contributed by atoms with E-state index >= 15 is 0 Å². The van der Waals surface area contributed by atoms with Crippen molar-refractivity contribution in [3.63, 3.8) is 0 Å². The molecule has 8 nitrogen and oxygen atoms in total. The van der Waals surface area contributed by atoms with Crippen LogP contribution in [0, 0.1) is 0 Å². The molecule has 3 aromatic rings. The van der Waals surface area contributed by atoms with Crippen molar-refractivity contribution in [2.45, 2.75) is 13.5 Å². The Balaban J connectivity index is 1.80. The molecule has 3 rings (SSSR count). The van der Waals surface area contributed by atoms with Crippen molar-refractivity contribution in [3.05, 3.63) is 54.6 Å². The number of carbonyl (C=O) groups excluding carboxylic acids is 2. The third-order valence-electron chi connectivity index (χ3n) is 3.88.